The van der Waals surface area contributed by atoms with Gasteiger partial charge in [-0.2, -0.15) is 10.2 Å². The summed E-state index contributed by atoms with van der Waals surface area (Å²) < 4.78 is 34.1. The third-order valence-corrected chi connectivity index (χ3v) is 4.13. The number of carbonyl (C=O) groups is 2. The first-order valence-corrected chi connectivity index (χ1v) is 11.1. The van der Waals surface area contributed by atoms with Crippen molar-refractivity contribution >= 4 is 33.6 Å². The molecule has 0 saturated heterocycles. The number of hydrazone groups is 2. The summed E-state index contributed by atoms with van der Waals surface area (Å²) in [5.74, 6) is -0.712. The molecule has 1 atom stereocenters. The quantitative estimate of drug-likeness (QED) is 0.174. The summed E-state index contributed by atoms with van der Waals surface area (Å²) in [4.78, 5) is 32.0. The van der Waals surface area contributed by atoms with Crippen molar-refractivity contribution in [2.45, 2.75) is 19.9 Å². The van der Waals surface area contributed by atoms with E-state index < -0.39 is 10.4 Å². The topological polar surface area (TPSA) is 203 Å². The summed E-state index contributed by atoms with van der Waals surface area (Å²) in [5.41, 5.74) is 7.55. The van der Waals surface area contributed by atoms with E-state index in [2.05, 4.69) is 36.3 Å². The van der Waals surface area contributed by atoms with Crippen molar-refractivity contribution in [1.82, 2.24) is 20.8 Å². The third-order valence-electron chi connectivity index (χ3n) is 4.13. The number of amides is 2. The van der Waals surface area contributed by atoms with Gasteiger partial charge in [-0.15, -0.1) is 5.70 Å². The summed E-state index contributed by atoms with van der Waals surface area (Å²) in [6.45, 7) is 3.51. The number of allylic oxidation sites excluding steroid dienone is 3. The molecule has 1 aliphatic rings. The van der Waals surface area contributed by atoms with E-state index in [-0.39, 0.29) is 34.9 Å². The van der Waals surface area contributed by atoms with E-state index in [1.807, 2.05) is 12.2 Å². The van der Waals surface area contributed by atoms with Gasteiger partial charge in [0.05, 0.1) is 11.1 Å². The van der Waals surface area contributed by atoms with Crippen molar-refractivity contribution in [2.75, 3.05) is 0 Å². The van der Waals surface area contributed by atoms with Crippen molar-refractivity contribution in [3.8, 4) is 0 Å². The van der Waals surface area contributed by atoms with Crippen LogP contribution in [0.1, 0.15) is 34.6 Å². The SMILES string of the molecule is C/C(=N\NC(=O)c1cccnc1)C1=CC=CC(/C(C)=N/NC(=O)c2cccnc2)[N-]1.O=S(=O)([O-])[O-].[Fe+3]. The predicted molar refractivity (Wildman–Crippen MR) is 124 cm³/mol. The van der Waals surface area contributed by atoms with Gasteiger partial charge in [-0.05, 0) is 38.1 Å². The van der Waals surface area contributed by atoms with E-state index in [1.54, 1.807) is 56.6 Å². The standard InChI is InChI=1S/C21H20N7O2.Fe.H2O4S/c1-14(25-27-20(29)16-6-4-10-22-12-16)18-8-3-9-19(24-18)15(2)26-28-21(30)17-7-5-11-23-13-17;;1-5(2,3)4/h3-13,18H,1-2H3,(H,27,29)(H,28,30);;(H2,1,2,3,4)/q-1;+3;/p-2/b25-14+,26-15+;;. The molecule has 1 radical (unpaired) electrons. The molecule has 0 spiro atoms. The molecule has 1 unspecified atom stereocenters. The van der Waals surface area contributed by atoms with Crippen molar-refractivity contribution in [3.63, 3.8) is 0 Å². The smallest absolute Gasteiger partial charge is 0.759 e. The molecule has 2 aromatic heterocycles. The van der Waals surface area contributed by atoms with Crippen LogP contribution < -0.4 is 10.9 Å². The van der Waals surface area contributed by atoms with E-state index in [4.69, 9.17) is 17.5 Å². The molecule has 1 aliphatic heterocycles. The van der Waals surface area contributed by atoms with Crippen LogP contribution in [0.25, 0.3) is 5.32 Å². The number of rotatable bonds is 6. The number of nitrogens with one attached hydrogen (secondary N) is 2. The van der Waals surface area contributed by atoms with E-state index in [0.717, 1.165) is 0 Å². The molecule has 0 aliphatic carbocycles. The van der Waals surface area contributed by atoms with Crippen molar-refractivity contribution < 1.29 is 44.2 Å². The van der Waals surface area contributed by atoms with Gasteiger partial charge < -0.3 is 14.4 Å². The zero-order chi connectivity index (χ0) is 25.8. The molecule has 15 heteroatoms. The van der Waals surface area contributed by atoms with Gasteiger partial charge >= 0.3 is 17.1 Å². The number of pyridine rings is 2. The Labute approximate surface area is 217 Å². The maximum atomic E-state index is 12.1. The summed E-state index contributed by atoms with van der Waals surface area (Å²) >= 11 is 0. The summed E-state index contributed by atoms with van der Waals surface area (Å²) in [7, 11) is -5.17. The Morgan fingerprint density at radius 3 is 1.94 bits per heavy atom. The summed E-state index contributed by atoms with van der Waals surface area (Å²) in [6, 6.07) is 6.29. The zero-order valence-electron chi connectivity index (χ0n) is 18.9. The average molecular weight is 554 g/mol. The van der Waals surface area contributed by atoms with Crippen LogP contribution in [0.3, 0.4) is 0 Å². The molecular formula is C21H20FeN7O6S. The Balaban J connectivity index is 0.000000983. The van der Waals surface area contributed by atoms with Gasteiger partial charge in [0.2, 0.25) is 0 Å². The number of carbonyl (C=O) groups excluding carboxylic acids is 2. The minimum absolute atomic E-state index is 0. The first-order valence-electron chi connectivity index (χ1n) is 9.80. The van der Waals surface area contributed by atoms with E-state index >= 15 is 0 Å². The molecule has 0 aromatic carbocycles. The zero-order valence-corrected chi connectivity index (χ0v) is 20.8. The van der Waals surface area contributed by atoms with Crippen LogP contribution in [0.15, 0.2) is 83.2 Å². The van der Waals surface area contributed by atoms with Gasteiger partial charge in [0, 0.05) is 46.6 Å². The van der Waals surface area contributed by atoms with E-state index in [1.165, 1.54) is 12.4 Å². The fraction of sp³-hybridized carbons (Fsp3) is 0.143. The fourth-order valence-corrected chi connectivity index (χ4v) is 2.45. The van der Waals surface area contributed by atoms with Gasteiger partial charge in [0.25, 0.3) is 11.8 Å². The predicted octanol–water partition coefficient (Wildman–Crippen LogP) is 1.24. The van der Waals surface area contributed by atoms with Crippen LogP contribution in [0.4, 0.5) is 0 Å². The normalized spacial score (nSPS) is 15.2. The first-order chi connectivity index (χ1) is 16.5. The van der Waals surface area contributed by atoms with E-state index in [9.17, 15) is 9.59 Å². The minimum atomic E-state index is -5.17. The molecule has 2 amide bonds. The van der Waals surface area contributed by atoms with Crippen molar-refractivity contribution in [3.05, 3.63) is 89.4 Å². The summed E-state index contributed by atoms with van der Waals surface area (Å²) in [6.07, 6.45) is 11.6. The van der Waals surface area contributed by atoms with Gasteiger partial charge in [0.1, 0.15) is 0 Å². The Hall–Kier alpha value is -3.75. The molecule has 0 saturated carbocycles. The Kier molecular flexibility index (Phi) is 12.3. The maximum absolute atomic E-state index is 12.1. The van der Waals surface area contributed by atoms with Gasteiger partial charge in [-0.25, -0.2) is 10.9 Å². The van der Waals surface area contributed by atoms with E-state index in [0.29, 0.717) is 28.2 Å². The van der Waals surface area contributed by atoms with Crippen LogP contribution in [0.2, 0.25) is 0 Å². The summed E-state index contributed by atoms with van der Waals surface area (Å²) in [5, 5.41) is 12.8. The monoisotopic (exact) mass is 554 g/mol. The largest absolute Gasteiger partial charge is 3.00 e. The molecule has 2 aromatic rings. The first kappa shape index (κ1) is 30.3. The Morgan fingerprint density at radius 2 is 1.47 bits per heavy atom. The second kappa shape index (κ2) is 14.6. The average Bonchev–Trinajstić information content (AvgIpc) is 2.85. The van der Waals surface area contributed by atoms with Crippen LogP contribution in [0, 0.1) is 0 Å². The van der Waals surface area contributed by atoms with Crippen molar-refractivity contribution in [2.24, 2.45) is 10.2 Å². The molecular weight excluding hydrogens is 534 g/mol. The van der Waals surface area contributed by atoms with Crippen LogP contribution in [0.5, 0.6) is 0 Å². The fourth-order valence-electron chi connectivity index (χ4n) is 2.45. The van der Waals surface area contributed by atoms with Crippen LogP contribution in [-0.2, 0) is 27.5 Å². The number of aromatic nitrogens is 2. The number of hydrogen-bond donors (Lipinski definition) is 2. The number of nitrogens with zero attached hydrogens (tertiary/aromatic N) is 5. The molecule has 0 bridgehead atoms. The molecule has 36 heavy (non-hydrogen) atoms. The minimum Gasteiger partial charge on any atom is -0.759 e. The molecule has 2 N–H and O–H groups in total. The molecule has 0 fully saturated rings. The van der Waals surface area contributed by atoms with Crippen LogP contribution >= 0.6 is 0 Å². The van der Waals surface area contributed by atoms with Crippen molar-refractivity contribution in [1.29, 1.82) is 0 Å². The van der Waals surface area contributed by atoms with Gasteiger partial charge in [-0.3, -0.25) is 28.0 Å². The molecule has 13 nitrogen and oxygen atoms in total. The van der Waals surface area contributed by atoms with Crippen LogP contribution in [-0.4, -0.2) is 56.8 Å². The molecule has 3 rings (SSSR count). The number of hydrogen-bond acceptors (Lipinski definition) is 10. The van der Waals surface area contributed by atoms with Gasteiger partial charge in [0.15, 0.2) is 0 Å². The second-order valence-electron chi connectivity index (χ2n) is 6.73. The molecule has 189 valence electrons. The Morgan fingerprint density at radius 1 is 0.972 bits per heavy atom. The van der Waals surface area contributed by atoms with Gasteiger partial charge in [-0.1, -0.05) is 24.3 Å². The second-order valence-corrected chi connectivity index (χ2v) is 7.55. The Bertz CT molecular complexity index is 1260. The molecule has 3 heterocycles. The maximum Gasteiger partial charge on any atom is 3.00 e. The third kappa shape index (κ3) is 11.1.